The Balaban J connectivity index is 1.62. The highest BCUT2D eigenvalue weighted by Gasteiger charge is 2.58. The van der Waals surface area contributed by atoms with Crippen molar-refractivity contribution in [1.82, 2.24) is 10.4 Å². The maximum atomic E-state index is 13.8. The molecule has 0 spiro atoms. The van der Waals surface area contributed by atoms with Gasteiger partial charge in [-0.2, -0.15) is 0 Å². The minimum Gasteiger partial charge on any atom is -0.365 e. The second-order valence-corrected chi connectivity index (χ2v) is 9.21. The molecule has 0 saturated carbocycles. The normalized spacial score (nSPS) is 19.6. The molecule has 0 bridgehead atoms. The summed E-state index contributed by atoms with van der Waals surface area (Å²) in [4.78, 5) is 33.3. The summed E-state index contributed by atoms with van der Waals surface area (Å²) in [5.74, 6) is -0.792. The van der Waals surface area contributed by atoms with Crippen LogP contribution in [0.1, 0.15) is 38.7 Å². The van der Waals surface area contributed by atoms with Gasteiger partial charge in [-0.25, -0.2) is 4.79 Å². The Bertz CT molecular complexity index is 1320. The van der Waals surface area contributed by atoms with Crippen LogP contribution in [0.25, 0.3) is 0 Å². The Morgan fingerprint density at radius 1 is 0.806 bits per heavy atom. The van der Waals surface area contributed by atoms with Gasteiger partial charge in [0.25, 0.3) is 5.91 Å². The van der Waals surface area contributed by atoms with E-state index in [1.165, 1.54) is 0 Å². The van der Waals surface area contributed by atoms with Crippen LogP contribution in [-0.4, -0.2) is 22.5 Å². The van der Waals surface area contributed by atoms with Gasteiger partial charge in [-0.15, -0.1) is 5.06 Å². The van der Waals surface area contributed by atoms with Crippen molar-refractivity contribution in [1.29, 1.82) is 0 Å². The smallest absolute Gasteiger partial charge is 0.353 e. The summed E-state index contributed by atoms with van der Waals surface area (Å²) in [6.45, 7) is 2.42. The largest absolute Gasteiger partial charge is 0.365 e. The van der Waals surface area contributed by atoms with Gasteiger partial charge in [0.1, 0.15) is 6.04 Å². The van der Waals surface area contributed by atoms with Crippen molar-refractivity contribution < 1.29 is 14.4 Å². The number of hydrogen-bond acceptors (Lipinski definition) is 4. The number of rotatable bonds is 7. The number of nitrogens with zero attached hydrogens (tertiary/aromatic N) is 1. The quantitative estimate of drug-likeness (QED) is 0.387. The lowest BCUT2D eigenvalue weighted by Gasteiger charge is -2.34. The molecule has 1 saturated heterocycles. The van der Waals surface area contributed by atoms with E-state index in [-0.39, 0.29) is 12.3 Å². The van der Waals surface area contributed by atoms with Crippen molar-refractivity contribution in [3.05, 3.63) is 143 Å². The van der Waals surface area contributed by atoms with E-state index in [9.17, 15) is 9.59 Å². The summed E-state index contributed by atoms with van der Waals surface area (Å²) >= 11 is 0. The molecule has 5 heteroatoms. The van der Waals surface area contributed by atoms with Crippen molar-refractivity contribution in [2.24, 2.45) is 0 Å². The molecule has 0 aromatic heterocycles. The molecular weight excluding hydrogens is 448 g/mol. The Kier molecular flexibility index (Phi) is 6.65. The first-order valence-electron chi connectivity index (χ1n) is 12.1. The lowest BCUT2D eigenvalue weighted by Crippen LogP contribution is -2.57. The molecule has 0 aliphatic carbocycles. The lowest BCUT2D eigenvalue weighted by molar-refractivity contribution is -0.178. The zero-order valence-electron chi connectivity index (χ0n) is 20.1. The van der Waals surface area contributed by atoms with Crippen LogP contribution in [0.5, 0.6) is 0 Å². The standard InChI is InChI=1S/C31H28N2O3/c1-23-17-19-26(20-18-23)28-31(21-24-11-5-2-6-12-24,32-29(34)27-15-9-4-10-16-27)30(35)36-33(28)22-25-13-7-3-8-14-25/h2-20,28H,21-22H2,1H3,(H,32,34)/t28-,31-/m0/s1. The van der Waals surface area contributed by atoms with Crippen molar-refractivity contribution in [2.45, 2.75) is 31.5 Å². The molecule has 180 valence electrons. The molecule has 36 heavy (non-hydrogen) atoms. The molecule has 0 radical (unpaired) electrons. The number of hydroxylamine groups is 2. The fourth-order valence-corrected chi connectivity index (χ4v) is 4.80. The fraction of sp³-hybridized carbons (Fsp3) is 0.161. The maximum absolute atomic E-state index is 13.8. The van der Waals surface area contributed by atoms with Crippen LogP contribution in [0, 0.1) is 6.92 Å². The molecule has 1 N–H and O–H groups in total. The van der Waals surface area contributed by atoms with Crippen molar-refractivity contribution >= 4 is 11.9 Å². The predicted molar refractivity (Wildman–Crippen MR) is 139 cm³/mol. The summed E-state index contributed by atoms with van der Waals surface area (Å²) < 4.78 is 0. The second kappa shape index (κ2) is 10.2. The van der Waals surface area contributed by atoms with Crippen molar-refractivity contribution in [3.8, 4) is 0 Å². The van der Waals surface area contributed by atoms with Gasteiger partial charge in [-0.3, -0.25) is 4.79 Å². The number of carbonyl (C=O) groups is 2. The van der Waals surface area contributed by atoms with Crippen LogP contribution >= 0.6 is 0 Å². The average Bonchev–Trinajstić information content (AvgIpc) is 3.16. The highest BCUT2D eigenvalue weighted by molar-refractivity contribution is 5.99. The van der Waals surface area contributed by atoms with Gasteiger partial charge < -0.3 is 10.2 Å². The molecule has 1 amide bonds. The summed E-state index contributed by atoms with van der Waals surface area (Å²) in [5.41, 5.74) is 3.10. The first-order valence-corrected chi connectivity index (χ1v) is 12.1. The Morgan fingerprint density at radius 3 is 1.97 bits per heavy atom. The SMILES string of the molecule is Cc1ccc([C@@H]2N(Cc3ccccc3)OC(=O)[C@@]2(Cc2ccccc2)NC(=O)c2ccccc2)cc1. The van der Waals surface area contributed by atoms with Gasteiger partial charge in [0.2, 0.25) is 0 Å². The second-order valence-electron chi connectivity index (χ2n) is 9.21. The number of aryl methyl sites for hydroxylation is 1. The van der Waals surface area contributed by atoms with E-state index >= 15 is 0 Å². The van der Waals surface area contributed by atoms with Gasteiger partial charge in [0.15, 0.2) is 5.54 Å². The summed E-state index contributed by atoms with van der Waals surface area (Å²) in [6.07, 6.45) is 0.287. The Morgan fingerprint density at radius 2 is 1.36 bits per heavy atom. The molecule has 5 nitrogen and oxygen atoms in total. The van der Waals surface area contributed by atoms with Crippen LogP contribution in [0.4, 0.5) is 0 Å². The molecule has 5 rings (SSSR count). The first-order chi connectivity index (χ1) is 17.5. The van der Waals surface area contributed by atoms with E-state index < -0.39 is 17.6 Å². The predicted octanol–water partition coefficient (Wildman–Crippen LogP) is 5.42. The van der Waals surface area contributed by atoms with E-state index in [0.29, 0.717) is 12.1 Å². The van der Waals surface area contributed by atoms with E-state index in [1.807, 2.05) is 110 Å². The fourth-order valence-electron chi connectivity index (χ4n) is 4.80. The van der Waals surface area contributed by atoms with Gasteiger partial charge in [0.05, 0.1) is 6.54 Å². The van der Waals surface area contributed by atoms with Crippen molar-refractivity contribution in [2.75, 3.05) is 0 Å². The zero-order chi connectivity index (χ0) is 25.0. The number of benzene rings is 4. The van der Waals surface area contributed by atoms with Crippen LogP contribution in [-0.2, 0) is 22.6 Å². The molecule has 4 aromatic carbocycles. The van der Waals surface area contributed by atoms with Gasteiger partial charge in [-0.05, 0) is 35.7 Å². The van der Waals surface area contributed by atoms with Gasteiger partial charge in [0, 0.05) is 12.0 Å². The van der Waals surface area contributed by atoms with E-state index in [4.69, 9.17) is 4.84 Å². The molecule has 1 aliphatic heterocycles. The van der Waals surface area contributed by atoms with Crippen LogP contribution < -0.4 is 5.32 Å². The van der Waals surface area contributed by atoms with Crippen LogP contribution in [0.2, 0.25) is 0 Å². The average molecular weight is 477 g/mol. The topological polar surface area (TPSA) is 58.6 Å². The third-order valence-corrected chi connectivity index (χ3v) is 6.59. The highest BCUT2D eigenvalue weighted by Crippen LogP contribution is 2.43. The third-order valence-electron chi connectivity index (χ3n) is 6.59. The first kappa shape index (κ1) is 23.5. The van der Waals surface area contributed by atoms with E-state index in [2.05, 4.69) is 5.32 Å². The Labute approximate surface area is 211 Å². The molecule has 1 heterocycles. The van der Waals surface area contributed by atoms with Crippen LogP contribution in [0.3, 0.4) is 0 Å². The lowest BCUT2D eigenvalue weighted by atomic mass is 9.80. The number of nitrogens with one attached hydrogen (secondary N) is 1. The summed E-state index contributed by atoms with van der Waals surface area (Å²) in [5, 5.41) is 4.84. The number of hydrogen-bond donors (Lipinski definition) is 1. The number of amides is 1. The highest BCUT2D eigenvalue weighted by atomic mass is 16.7. The van der Waals surface area contributed by atoms with Gasteiger partial charge in [-0.1, -0.05) is 109 Å². The Hall–Kier alpha value is -4.22. The molecule has 4 aromatic rings. The number of carbonyl (C=O) groups excluding carboxylic acids is 2. The third kappa shape index (κ3) is 4.79. The molecule has 1 fully saturated rings. The van der Waals surface area contributed by atoms with E-state index in [0.717, 1.165) is 22.3 Å². The molecule has 1 aliphatic rings. The summed E-state index contributed by atoms with van der Waals surface area (Å²) in [6, 6.07) is 36.1. The zero-order valence-corrected chi connectivity index (χ0v) is 20.1. The maximum Gasteiger partial charge on any atom is 0.353 e. The summed E-state index contributed by atoms with van der Waals surface area (Å²) in [7, 11) is 0. The minimum atomic E-state index is -1.34. The van der Waals surface area contributed by atoms with Crippen LogP contribution in [0.15, 0.2) is 115 Å². The van der Waals surface area contributed by atoms with Crippen molar-refractivity contribution in [3.63, 3.8) is 0 Å². The van der Waals surface area contributed by atoms with Gasteiger partial charge >= 0.3 is 5.97 Å². The molecule has 0 unspecified atom stereocenters. The monoisotopic (exact) mass is 476 g/mol. The molecular formula is C31H28N2O3. The van der Waals surface area contributed by atoms with E-state index in [1.54, 1.807) is 17.2 Å². The minimum absolute atomic E-state index is 0.287. The molecule has 2 atom stereocenters.